The maximum atomic E-state index is 10.7. The number of ketones is 1. The molecule has 0 radical (unpaired) electrons. The molecule has 0 aliphatic rings. The van der Waals surface area contributed by atoms with Crippen LogP contribution >= 0.6 is 0 Å². The summed E-state index contributed by atoms with van der Waals surface area (Å²) in [5.41, 5.74) is 0.272. The molecule has 0 rings (SSSR count). The second-order valence-electron chi connectivity index (χ2n) is 2.22. The van der Waals surface area contributed by atoms with Gasteiger partial charge in [0.25, 0.3) is 0 Å². The standard InChI is InChI=1S/C6H10O4S.Na/c1-5(2)6(7)3-4-11(8,9)10;/h1,3-4H2,2H3,(H,8,9,10);/q;+1/p-1. The zero-order valence-corrected chi connectivity index (χ0v) is 9.98. The molecule has 0 aliphatic carbocycles. The van der Waals surface area contributed by atoms with Gasteiger partial charge in [0.05, 0.1) is 10.1 Å². The average molecular weight is 200 g/mol. The first-order valence-corrected chi connectivity index (χ1v) is 4.53. The van der Waals surface area contributed by atoms with Gasteiger partial charge in [0.2, 0.25) is 0 Å². The van der Waals surface area contributed by atoms with Gasteiger partial charge in [-0.2, -0.15) is 0 Å². The van der Waals surface area contributed by atoms with E-state index in [1.165, 1.54) is 6.92 Å². The molecule has 6 heteroatoms. The maximum absolute atomic E-state index is 10.7. The summed E-state index contributed by atoms with van der Waals surface area (Å²) in [7, 11) is -4.26. The van der Waals surface area contributed by atoms with Gasteiger partial charge in [-0.1, -0.05) is 6.58 Å². The van der Waals surface area contributed by atoms with Crippen molar-refractivity contribution in [3.63, 3.8) is 0 Å². The molecular weight excluding hydrogens is 191 g/mol. The molecule has 0 heterocycles. The van der Waals surface area contributed by atoms with Crippen LogP contribution in [0.15, 0.2) is 12.2 Å². The minimum atomic E-state index is -4.26. The summed E-state index contributed by atoms with van der Waals surface area (Å²) < 4.78 is 30.1. The van der Waals surface area contributed by atoms with Crippen LogP contribution in [0.5, 0.6) is 0 Å². The van der Waals surface area contributed by atoms with Crippen LogP contribution < -0.4 is 29.6 Å². The van der Waals surface area contributed by atoms with Gasteiger partial charge in [0.1, 0.15) is 0 Å². The van der Waals surface area contributed by atoms with E-state index >= 15 is 0 Å². The number of carbonyl (C=O) groups excluding carboxylic acids is 1. The van der Waals surface area contributed by atoms with Crippen LogP contribution in [0.2, 0.25) is 0 Å². The molecule has 0 N–H and O–H groups in total. The molecule has 0 bridgehead atoms. The predicted octanol–water partition coefficient (Wildman–Crippen LogP) is -2.93. The first-order valence-electron chi connectivity index (χ1n) is 2.95. The Kier molecular flexibility index (Phi) is 7.26. The van der Waals surface area contributed by atoms with Gasteiger partial charge in [0, 0.05) is 12.2 Å². The molecule has 0 spiro atoms. The van der Waals surface area contributed by atoms with Crippen LogP contribution in [0.1, 0.15) is 13.3 Å². The zero-order chi connectivity index (χ0) is 9.07. The number of hydrogen-bond acceptors (Lipinski definition) is 4. The van der Waals surface area contributed by atoms with Crippen LogP contribution in [0.4, 0.5) is 0 Å². The van der Waals surface area contributed by atoms with E-state index in [4.69, 9.17) is 0 Å². The van der Waals surface area contributed by atoms with Crippen molar-refractivity contribution in [2.45, 2.75) is 13.3 Å². The third-order valence-corrected chi connectivity index (χ3v) is 1.76. The van der Waals surface area contributed by atoms with E-state index < -0.39 is 15.9 Å². The van der Waals surface area contributed by atoms with Crippen molar-refractivity contribution in [3.8, 4) is 0 Å². The Balaban J connectivity index is 0. The Morgan fingerprint density at radius 3 is 2.17 bits per heavy atom. The molecule has 0 aromatic heterocycles. The number of hydrogen-bond donors (Lipinski definition) is 0. The van der Waals surface area contributed by atoms with Gasteiger partial charge in [-0.3, -0.25) is 4.79 Å². The fourth-order valence-corrected chi connectivity index (χ4v) is 0.866. The van der Waals surface area contributed by atoms with Gasteiger partial charge in [0.15, 0.2) is 5.78 Å². The maximum Gasteiger partial charge on any atom is 1.00 e. The normalized spacial score (nSPS) is 10.2. The number of allylic oxidation sites excluding steroid dienone is 1. The molecule has 64 valence electrons. The minimum absolute atomic E-state index is 0. The molecule has 0 unspecified atom stereocenters. The molecule has 12 heavy (non-hydrogen) atoms. The fourth-order valence-electron chi connectivity index (χ4n) is 0.431. The predicted molar refractivity (Wildman–Crippen MR) is 39.0 cm³/mol. The van der Waals surface area contributed by atoms with Crippen molar-refractivity contribution in [1.29, 1.82) is 0 Å². The molecular formula is C6H9NaO4S. The molecule has 0 fully saturated rings. The summed E-state index contributed by atoms with van der Waals surface area (Å²) in [6.45, 7) is 4.78. The van der Waals surface area contributed by atoms with Gasteiger partial charge < -0.3 is 4.55 Å². The zero-order valence-electron chi connectivity index (χ0n) is 7.16. The van der Waals surface area contributed by atoms with Gasteiger partial charge in [-0.25, -0.2) is 8.42 Å². The largest absolute Gasteiger partial charge is 1.00 e. The van der Waals surface area contributed by atoms with E-state index in [1.807, 2.05) is 0 Å². The van der Waals surface area contributed by atoms with Crippen molar-refractivity contribution in [2.75, 3.05) is 5.75 Å². The molecule has 0 saturated heterocycles. The summed E-state index contributed by atoms with van der Waals surface area (Å²) in [5, 5.41) is 0. The topological polar surface area (TPSA) is 74.3 Å². The Morgan fingerprint density at radius 2 is 1.92 bits per heavy atom. The van der Waals surface area contributed by atoms with Crippen LogP contribution in [-0.2, 0) is 14.9 Å². The summed E-state index contributed by atoms with van der Waals surface area (Å²) in [6, 6.07) is 0. The molecule has 0 atom stereocenters. The van der Waals surface area contributed by atoms with E-state index in [0.29, 0.717) is 0 Å². The number of Topliss-reactive ketones (excluding diaryl/α,β-unsaturated/α-hetero) is 1. The molecule has 0 saturated carbocycles. The molecule has 4 nitrogen and oxygen atoms in total. The Hall–Kier alpha value is 0.320. The fraction of sp³-hybridized carbons (Fsp3) is 0.500. The molecule has 0 aromatic rings. The van der Waals surface area contributed by atoms with Crippen molar-refractivity contribution in [2.24, 2.45) is 0 Å². The van der Waals surface area contributed by atoms with Crippen LogP contribution in [0, 0.1) is 0 Å². The Labute approximate surface area is 94.1 Å². The van der Waals surface area contributed by atoms with Crippen LogP contribution in [0.25, 0.3) is 0 Å². The molecule has 0 aliphatic heterocycles. The first-order chi connectivity index (χ1) is 4.83. The number of carbonyl (C=O) groups is 1. The Morgan fingerprint density at radius 1 is 1.50 bits per heavy atom. The van der Waals surface area contributed by atoms with Crippen LogP contribution in [-0.4, -0.2) is 24.5 Å². The van der Waals surface area contributed by atoms with E-state index in [9.17, 15) is 17.8 Å². The summed E-state index contributed by atoms with van der Waals surface area (Å²) in [5.74, 6) is -1.02. The van der Waals surface area contributed by atoms with E-state index in [0.717, 1.165) is 0 Å². The van der Waals surface area contributed by atoms with Gasteiger partial charge in [-0.15, -0.1) is 0 Å². The minimum Gasteiger partial charge on any atom is -0.748 e. The summed E-state index contributed by atoms with van der Waals surface area (Å²) in [4.78, 5) is 10.7. The van der Waals surface area contributed by atoms with E-state index in [-0.39, 0.29) is 47.3 Å². The smallest absolute Gasteiger partial charge is 0.748 e. The van der Waals surface area contributed by atoms with Crippen molar-refractivity contribution in [1.82, 2.24) is 0 Å². The van der Waals surface area contributed by atoms with Gasteiger partial charge >= 0.3 is 29.6 Å². The summed E-state index contributed by atoms with van der Waals surface area (Å²) in [6.07, 6.45) is -0.263. The summed E-state index contributed by atoms with van der Waals surface area (Å²) >= 11 is 0. The van der Waals surface area contributed by atoms with Crippen LogP contribution in [0.3, 0.4) is 0 Å². The third kappa shape index (κ3) is 8.42. The Bertz CT molecular complexity index is 267. The molecule has 0 aromatic carbocycles. The second kappa shape index (κ2) is 5.88. The monoisotopic (exact) mass is 200 g/mol. The average Bonchev–Trinajstić information content (AvgIpc) is 1.80. The molecule has 0 amide bonds. The number of rotatable bonds is 4. The third-order valence-electron chi connectivity index (χ3n) is 1.06. The van der Waals surface area contributed by atoms with E-state index in [1.54, 1.807) is 0 Å². The van der Waals surface area contributed by atoms with Crippen molar-refractivity contribution < 1.29 is 47.3 Å². The first kappa shape index (κ1) is 14.8. The van der Waals surface area contributed by atoms with E-state index in [2.05, 4.69) is 6.58 Å². The van der Waals surface area contributed by atoms with Crippen molar-refractivity contribution in [3.05, 3.63) is 12.2 Å². The quantitative estimate of drug-likeness (QED) is 0.276. The SMILES string of the molecule is C=C(C)C(=O)CCS(=O)(=O)[O-].[Na+]. The van der Waals surface area contributed by atoms with Gasteiger partial charge in [-0.05, 0) is 12.5 Å². The second-order valence-corrected chi connectivity index (χ2v) is 3.74. The van der Waals surface area contributed by atoms with Crippen molar-refractivity contribution >= 4 is 15.9 Å².